The number of hydrogen-bond donors (Lipinski definition) is 1. The van der Waals surface area contributed by atoms with Crippen LogP contribution < -0.4 is 5.32 Å². The summed E-state index contributed by atoms with van der Waals surface area (Å²) in [5.74, 6) is 1.18. The van der Waals surface area contributed by atoms with Gasteiger partial charge in [-0.1, -0.05) is 13.8 Å². The number of hydrogen-bond acceptors (Lipinski definition) is 3. The van der Waals surface area contributed by atoms with Crippen LogP contribution >= 0.6 is 15.9 Å². The van der Waals surface area contributed by atoms with E-state index in [9.17, 15) is 0 Å². The molecule has 0 fully saturated rings. The summed E-state index contributed by atoms with van der Waals surface area (Å²) in [6.07, 6.45) is 3.73. The first-order valence-electron chi connectivity index (χ1n) is 5.49. The molecule has 1 N–H and O–H groups in total. The molecular formula is C12H15BrN4. The fourth-order valence-corrected chi connectivity index (χ4v) is 1.99. The maximum atomic E-state index is 4.45. The van der Waals surface area contributed by atoms with Crippen LogP contribution in [0.3, 0.4) is 0 Å². The number of rotatable bonds is 3. The Labute approximate surface area is 109 Å². The van der Waals surface area contributed by atoms with Crippen molar-refractivity contribution in [2.45, 2.75) is 19.8 Å². The number of anilines is 2. The normalized spacial score (nSPS) is 10.9. The van der Waals surface area contributed by atoms with Gasteiger partial charge in [-0.15, -0.1) is 0 Å². The van der Waals surface area contributed by atoms with Gasteiger partial charge in [-0.2, -0.15) is 5.10 Å². The molecule has 0 saturated carbocycles. The fraction of sp³-hybridized carbons (Fsp3) is 0.333. The smallest absolute Gasteiger partial charge is 0.144 e. The Morgan fingerprint density at radius 2 is 2.18 bits per heavy atom. The van der Waals surface area contributed by atoms with Crippen LogP contribution in [0.4, 0.5) is 11.5 Å². The third kappa shape index (κ3) is 2.66. The van der Waals surface area contributed by atoms with Crippen LogP contribution in [0, 0.1) is 0 Å². The standard InChI is InChI=1S/C12H15BrN4/c1-8(2)11-10(7-17(3)16-11)15-12-9(13)5-4-6-14-12/h4-8H,1-3H3,(H,14,15). The van der Waals surface area contributed by atoms with Gasteiger partial charge >= 0.3 is 0 Å². The number of nitrogens with zero attached hydrogens (tertiary/aromatic N) is 3. The van der Waals surface area contributed by atoms with Crippen molar-refractivity contribution in [3.8, 4) is 0 Å². The molecule has 5 heteroatoms. The number of aryl methyl sites for hydroxylation is 1. The molecule has 0 unspecified atom stereocenters. The van der Waals surface area contributed by atoms with Gasteiger partial charge in [0, 0.05) is 19.4 Å². The molecule has 0 atom stereocenters. The Balaban J connectivity index is 2.33. The van der Waals surface area contributed by atoms with Crippen molar-refractivity contribution >= 4 is 27.4 Å². The van der Waals surface area contributed by atoms with E-state index in [1.807, 2.05) is 30.1 Å². The Morgan fingerprint density at radius 3 is 2.82 bits per heavy atom. The molecule has 2 heterocycles. The first kappa shape index (κ1) is 12.1. The highest BCUT2D eigenvalue weighted by molar-refractivity contribution is 9.10. The van der Waals surface area contributed by atoms with Crippen molar-refractivity contribution in [3.05, 3.63) is 34.7 Å². The van der Waals surface area contributed by atoms with E-state index in [0.29, 0.717) is 5.92 Å². The zero-order valence-corrected chi connectivity index (χ0v) is 11.7. The van der Waals surface area contributed by atoms with E-state index in [4.69, 9.17) is 0 Å². The predicted molar refractivity (Wildman–Crippen MR) is 72.5 cm³/mol. The van der Waals surface area contributed by atoms with E-state index >= 15 is 0 Å². The summed E-state index contributed by atoms with van der Waals surface area (Å²) in [6, 6.07) is 3.85. The summed E-state index contributed by atoms with van der Waals surface area (Å²) in [5.41, 5.74) is 2.05. The Hall–Kier alpha value is -1.36. The molecule has 2 aromatic heterocycles. The highest BCUT2D eigenvalue weighted by atomic mass is 79.9. The van der Waals surface area contributed by atoms with Crippen LogP contribution in [0.2, 0.25) is 0 Å². The quantitative estimate of drug-likeness (QED) is 0.943. The first-order valence-corrected chi connectivity index (χ1v) is 6.28. The van der Waals surface area contributed by atoms with Crippen LogP contribution in [0.1, 0.15) is 25.5 Å². The molecular weight excluding hydrogens is 280 g/mol. The van der Waals surface area contributed by atoms with Gasteiger partial charge < -0.3 is 5.32 Å². The lowest BCUT2D eigenvalue weighted by Gasteiger charge is -2.08. The summed E-state index contributed by atoms with van der Waals surface area (Å²) < 4.78 is 2.76. The number of nitrogens with one attached hydrogen (secondary N) is 1. The van der Waals surface area contributed by atoms with Gasteiger partial charge in [-0.3, -0.25) is 4.68 Å². The van der Waals surface area contributed by atoms with Crippen molar-refractivity contribution in [1.82, 2.24) is 14.8 Å². The predicted octanol–water partition coefficient (Wildman–Crippen LogP) is 3.44. The van der Waals surface area contributed by atoms with Crippen molar-refractivity contribution in [1.29, 1.82) is 0 Å². The zero-order chi connectivity index (χ0) is 12.4. The van der Waals surface area contributed by atoms with Gasteiger partial charge in [0.1, 0.15) is 5.82 Å². The second-order valence-electron chi connectivity index (χ2n) is 4.22. The van der Waals surface area contributed by atoms with E-state index in [-0.39, 0.29) is 0 Å². The molecule has 4 nitrogen and oxygen atoms in total. The Bertz CT molecular complexity index is 519. The average Bonchev–Trinajstić information content (AvgIpc) is 2.63. The molecule has 0 amide bonds. The minimum Gasteiger partial charge on any atom is -0.336 e. The molecule has 0 bridgehead atoms. The molecule has 2 rings (SSSR count). The molecule has 90 valence electrons. The lowest BCUT2D eigenvalue weighted by atomic mass is 10.1. The molecule has 17 heavy (non-hydrogen) atoms. The zero-order valence-electron chi connectivity index (χ0n) is 10.1. The summed E-state index contributed by atoms with van der Waals surface area (Å²) in [4.78, 5) is 4.29. The van der Waals surface area contributed by atoms with Gasteiger partial charge in [-0.05, 0) is 34.0 Å². The van der Waals surface area contributed by atoms with Crippen molar-refractivity contribution in [3.63, 3.8) is 0 Å². The van der Waals surface area contributed by atoms with Crippen molar-refractivity contribution in [2.24, 2.45) is 7.05 Å². The minimum absolute atomic E-state index is 0.376. The minimum atomic E-state index is 0.376. The number of pyridine rings is 1. The third-order valence-corrected chi connectivity index (χ3v) is 3.06. The maximum absolute atomic E-state index is 4.45. The van der Waals surface area contributed by atoms with E-state index < -0.39 is 0 Å². The van der Waals surface area contributed by atoms with Gasteiger partial charge in [0.15, 0.2) is 0 Å². The van der Waals surface area contributed by atoms with E-state index in [1.54, 1.807) is 6.20 Å². The molecule has 0 aliphatic carbocycles. The number of aromatic nitrogens is 3. The summed E-state index contributed by atoms with van der Waals surface area (Å²) >= 11 is 3.47. The van der Waals surface area contributed by atoms with Gasteiger partial charge in [0.25, 0.3) is 0 Å². The Morgan fingerprint density at radius 1 is 1.41 bits per heavy atom. The highest BCUT2D eigenvalue weighted by Gasteiger charge is 2.12. The molecule has 2 aromatic rings. The van der Waals surface area contributed by atoms with E-state index in [1.165, 1.54) is 0 Å². The fourth-order valence-electron chi connectivity index (χ4n) is 1.63. The maximum Gasteiger partial charge on any atom is 0.144 e. The molecule has 0 radical (unpaired) electrons. The first-order chi connectivity index (χ1) is 8.08. The van der Waals surface area contributed by atoms with Gasteiger partial charge in [0.2, 0.25) is 0 Å². The third-order valence-electron chi connectivity index (χ3n) is 2.42. The second-order valence-corrected chi connectivity index (χ2v) is 5.07. The second kappa shape index (κ2) is 4.87. The average molecular weight is 295 g/mol. The molecule has 0 aliphatic rings. The number of halogens is 1. The topological polar surface area (TPSA) is 42.7 Å². The largest absolute Gasteiger partial charge is 0.336 e. The molecule has 0 spiro atoms. The van der Waals surface area contributed by atoms with Crippen LogP contribution in [-0.4, -0.2) is 14.8 Å². The van der Waals surface area contributed by atoms with E-state index in [0.717, 1.165) is 21.7 Å². The monoisotopic (exact) mass is 294 g/mol. The van der Waals surface area contributed by atoms with Crippen LogP contribution in [0.25, 0.3) is 0 Å². The molecule has 0 saturated heterocycles. The SMILES string of the molecule is CC(C)c1nn(C)cc1Nc1ncccc1Br. The van der Waals surface area contributed by atoms with Crippen LogP contribution in [-0.2, 0) is 7.05 Å². The van der Waals surface area contributed by atoms with Gasteiger partial charge in [-0.25, -0.2) is 4.98 Å². The van der Waals surface area contributed by atoms with Crippen LogP contribution in [0.5, 0.6) is 0 Å². The lowest BCUT2D eigenvalue weighted by Crippen LogP contribution is -1.98. The summed E-state index contributed by atoms with van der Waals surface area (Å²) in [6.45, 7) is 4.25. The van der Waals surface area contributed by atoms with Crippen molar-refractivity contribution in [2.75, 3.05) is 5.32 Å². The van der Waals surface area contributed by atoms with Crippen molar-refractivity contribution < 1.29 is 0 Å². The highest BCUT2D eigenvalue weighted by Crippen LogP contribution is 2.28. The van der Waals surface area contributed by atoms with E-state index in [2.05, 4.69) is 45.2 Å². The van der Waals surface area contributed by atoms with Crippen LogP contribution in [0.15, 0.2) is 29.0 Å². The molecule has 0 aliphatic heterocycles. The molecule has 0 aromatic carbocycles. The lowest BCUT2D eigenvalue weighted by molar-refractivity contribution is 0.713. The summed E-state index contributed by atoms with van der Waals surface area (Å²) in [7, 11) is 1.92. The summed E-state index contributed by atoms with van der Waals surface area (Å²) in [5, 5.41) is 7.75. The van der Waals surface area contributed by atoms with Gasteiger partial charge in [0.05, 0.1) is 15.9 Å². The Kier molecular flexibility index (Phi) is 3.47.